The molecular weight excluding hydrogens is 382 g/mol. The fourth-order valence-electron chi connectivity index (χ4n) is 3.64. The van der Waals surface area contributed by atoms with Gasteiger partial charge in [-0.3, -0.25) is 14.3 Å². The molecule has 0 radical (unpaired) electrons. The van der Waals surface area contributed by atoms with Gasteiger partial charge in [-0.1, -0.05) is 0 Å². The highest BCUT2D eigenvalue weighted by Crippen LogP contribution is 2.37. The molecule has 0 aliphatic heterocycles. The molecule has 1 fully saturated rings. The Hall–Kier alpha value is -3.75. The molecule has 9 nitrogen and oxygen atoms in total. The van der Waals surface area contributed by atoms with Gasteiger partial charge in [-0.05, 0) is 36.1 Å². The van der Waals surface area contributed by atoms with Crippen LogP contribution in [0.3, 0.4) is 0 Å². The monoisotopic (exact) mass is 403 g/mol. The first-order valence-corrected chi connectivity index (χ1v) is 9.84. The van der Waals surface area contributed by atoms with Crippen molar-refractivity contribution in [1.82, 2.24) is 29.9 Å². The summed E-state index contributed by atoms with van der Waals surface area (Å²) in [6.07, 6.45) is 11.4. The Kier molecular flexibility index (Phi) is 4.23. The first-order chi connectivity index (χ1) is 14.5. The van der Waals surface area contributed by atoms with Gasteiger partial charge in [0.1, 0.15) is 11.5 Å². The van der Waals surface area contributed by atoms with Crippen LogP contribution in [0.1, 0.15) is 40.0 Å². The molecule has 0 spiro atoms. The van der Waals surface area contributed by atoms with Crippen LogP contribution < -0.4 is 10.6 Å². The molecule has 3 aromatic heterocycles. The summed E-state index contributed by atoms with van der Waals surface area (Å²) in [7, 11) is 3.45. The van der Waals surface area contributed by atoms with E-state index < -0.39 is 0 Å². The molecule has 2 aliphatic carbocycles. The highest BCUT2D eigenvalue weighted by atomic mass is 16.2. The van der Waals surface area contributed by atoms with E-state index in [1.54, 1.807) is 22.6 Å². The Morgan fingerprint density at radius 3 is 2.77 bits per heavy atom. The van der Waals surface area contributed by atoms with Gasteiger partial charge >= 0.3 is 0 Å². The first kappa shape index (κ1) is 18.3. The molecule has 0 unspecified atom stereocenters. The van der Waals surface area contributed by atoms with Crippen LogP contribution in [-0.2, 0) is 18.3 Å². The van der Waals surface area contributed by atoms with E-state index in [1.807, 2.05) is 31.6 Å². The minimum Gasteiger partial charge on any atom is -0.355 e. The predicted molar refractivity (Wildman–Crippen MR) is 111 cm³/mol. The number of pyridine rings is 1. The van der Waals surface area contributed by atoms with E-state index in [2.05, 4.69) is 25.8 Å². The molecular formula is C21H21N7O2. The number of aromatic nitrogens is 5. The lowest BCUT2D eigenvalue weighted by molar-refractivity contribution is -0.117. The second kappa shape index (κ2) is 6.94. The SMILES string of the molecule is CNC(=O)c1cnc(NC(=O)C2CC2)c2c1C=C(c1ccn(-c3cnn(C)c3)n1)C2. The van der Waals surface area contributed by atoms with E-state index in [9.17, 15) is 9.59 Å². The van der Waals surface area contributed by atoms with Crippen LogP contribution in [0.4, 0.5) is 5.82 Å². The number of allylic oxidation sites excluding steroid dienone is 1. The van der Waals surface area contributed by atoms with Crippen molar-refractivity contribution in [1.29, 1.82) is 0 Å². The molecule has 9 heteroatoms. The third-order valence-corrected chi connectivity index (χ3v) is 5.44. The van der Waals surface area contributed by atoms with Gasteiger partial charge < -0.3 is 10.6 Å². The molecule has 3 heterocycles. The summed E-state index contributed by atoms with van der Waals surface area (Å²) >= 11 is 0. The highest BCUT2D eigenvalue weighted by molar-refractivity contribution is 6.04. The van der Waals surface area contributed by atoms with Crippen molar-refractivity contribution < 1.29 is 9.59 Å². The lowest BCUT2D eigenvalue weighted by atomic mass is 10.0. The lowest BCUT2D eigenvalue weighted by Crippen LogP contribution is -2.21. The van der Waals surface area contributed by atoms with E-state index in [4.69, 9.17) is 0 Å². The Labute approximate surface area is 172 Å². The average Bonchev–Trinajstić information content (AvgIpc) is 3.13. The zero-order chi connectivity index (χ0) is 20.8. The van der Waals surface area contributed by atoms with Gasteiger partial charge in [-0.25, -0.2) is 9.67 Å². The van der Waals surface area contributed by atoms with E-state index in [0.717, 1.165) is 40.9 Å². The van der Waals surface area contributed by atoms with E-state index in [0.29, 0.717) is 17.8 Å². The number of amides is 2. The molecule has 0 aromatic carbocycles. The van der Waals surface area contributed by atoms with Gasteiger partial charge in [0.05, 0.1) is 23.7 Å². The summed E-state index contributed by atoms with van der Waals surface area (Å²) in [6.45, 7) is 0. The summed E-state index contributed by atoms with van der Waals surface area (Å²) in [5.41, 5.74) is 4.74. The van der Waals surface area contributed by atoms with Crippen molar-refractivity contribution in [2.24, 2.45) is 13.0 Å². The fraction of sp³-hybridized carbons (Fsp3) is 0.286. The largest absolute Gasteiger partial charge is 0.355 e. The Morgan fingerprint density at radius 1 is 1.23 bits per heavy atom. The van der Waals surface area contributed by atoms with Crippen molar-refractivity contribution in [2.75, 3.05) is 12.4 Å². The van der Waals surface area contributed by atoms with Gasteiger partial charge in [-0.15, -0.1) is 0 Å². The maximum Gasteiger partial charge on any atom is 0.253 e. The van der Waals surface area contributed by atoms with Crippen molar-refractivity contribution in [3.63, 3.8) is 0 Å². The van der Waals surface area contributed by atoms with E-state index in [1.165, 1.54) is 6.20 Å². The molecule has 2 aliphatic rings. The van der Waals surface area contributed by atoms with Crippen molar-refractivity contribution in [3.8, 4) is 5.69 Å². The maximum absolute atomic E-state index is 12.4. The molecule has 3 aromatic rings. The predicted octanol–water partition coefficient (Wildman–Crippen LogP) is 1.81. The Balaban J connectivity index is 1.50. The molecule has 0 bridgehead atoms. The van der Waals surface area contributed by atoms with Gasteiger partial charge in [0, 0.05) is 44.4 Å². The number of anilines is 1. The number of carbonyl (C=O) groups is 2. The third kappa shape index (κ3) is 3.18. The number of nitrogens with zero attached hydrogens (tertiary/aromatic N) is 5. The molecule has 2 N–H and O–H groups in total. The normalized spacial score (nSPS) is 14.9. The van der Waals surface area contributed by atoms with Crippen molar-refractivity contribution in [2.45, 2.75) is 19.3 Å². The smallest absolute Gasteiger partial charge is 0.253 e. The third-order valence-electron chi connectivity index (χ3n) is 5.44. The van der Waals surface area contributed by atoms with Gasteiger partial charge in [-0.2, -0.15) is 10.2 Å². The molecule has 0 atom stereocenters. The van der Waals surface area contributed by atoms with Gasteiger partial charge in [0.2, 0.25) is 5.91 Å². The highest BCUT2D eigenvalue weighted by Gasteiger charge is 2.32. The summed E-state index contributed by atoms with van der Waals surface area (Å²) in [4.78, 5) is 29.0. The van der Waals surface area contributed by atoms with Crippen LogP contribution in [0, 0.1) is 5.92 Å². The lowest BCUT2D eigenvalue weighted by Gasteiger charge is -2.12. The molecule has 0 saturated heterocycles. The van der Waals surface area contributed by atoms with Crippen molar-refractivity contribution >= 4 is 29.3 Å². The van der Waals surface area contributed by atoms with Crippen LogP contribution in [0.25, 0.3) is 17.3 Å². The first-order valence-electron chi connectivity index (χ1n) is 9.84. The van der Waals surface area contributed by atoms with E-state index in [-0.39, 0.29) is 17.7 Å². The molecule has 30 heavy (non-hydrogen) atoms. The summed E-state index contributed by atoms with van der Waals surface area (Å²) in [5, 5.41) is 14.4. The number of carbonyl (C=O) groups excluding carboxylic acids is 2. The van der Waals surface area contributed by atoms with Crippen LogP contribution in [0.15, 0.2) is 30.9 Å². The number of nitrogens with one attached hydrogen (secondary N) is 2. The number of hydrogen-bond acceptors (Lipinski definition) is 5. The number of fused-ring (bicyclic) bond motifs is 1. The second-order valence-electron chi connectivity index (χ2n) is 7.62. The molecule has 2 amide bonds. The van der Waals surface area contributed by atoms with E-state index >= 15 is 0 Å². The van der Waals surface area contributed by atoms with Crippen LogP contribution in [0.2, 0.25) is 0 Å². The summed E-state index contributed by atoms with van der Waals surface area (Å²) in [6, 6.07) is 1.93. The summed E-state index contributed by atoms with van der Waals surface area (Å²) in [5.74, 6) is 0.376. The Morgan fingerprint density at radius 2 is 2.07 bits per heavy atom. The molecule has 5 rings (SSSR count). The topological polar surface area (TPSA) is 107 Å². The molecule has 1 saturated carbocycles. The van der Waals surface area contributed by atoms with Gasteiger partial charge in [0.25, 0.3) is 5.91 Å². The van der Waals surface area contributed by atoms with Crippen LogP contribution in [-0.4, -0.2) is 43.4 Å². The minimum absolute atomic E-state index is 0.00769. The number of aryl methyl sites for hydroxylation is 1. The Bertz CT molecular complexity index is 1200. The standard InChI is InChI=1S/C21H21N7O2/c1-22-21(30)17-10-23-19(25-20(29)12-3-4-12)16-8-13(7-15(16)17)18-5-6-28(26-18)14-9-24-27(2)11-14/h5-7,9-12H,3-4,8H2,1-2H3,(H,22,30)(H,23,25,29). The zero-order valence-electron chi connectivity index (χ0n) is 16.7. The molecule has 152 valence electrons. The quantitative estimate of drug-likeness (QED) is 0.676. The fourth-order valence-corrected chi connectivity index (χ4v) is 3.64. The van der Waals surface area contributed by atoms with Crippen LogP contribution in [0.5, 0.6) is 0 Å². The maximum atomic E-state index is 12.4. The number of hydrogen-bond donors (Lipinski definition) is 2. The van der Waals surface area contributed by atoms with Gasteiger partial charge in [0.15, 0.2) is 0 Å². The average molecular weight is 403 g/mol. The van der Waals surface area contributed by atoms with Crippen LogP contribution >= 0.6 is 0 Å². The zero-order valence-corrected chi connectivity index (χ0v) is 16.7. The number of rotatable bonds is 5. The minimum atomic E-state index is -0.211. The van der Waals surface area contributed by atoms with Crippen molar-refractivity contribution in [3.05, 3.63) is 53.2 Å². The summed E-state index contributed by atoms with van der Waals surface area (Å²) < 4.78 is 3.48. The second-order valence-corrected chi connectivity index (χ2v) is 7.62.